The van der Waals surface area contributed by atoms with Gasteiger partial charge in [0.15, 0.2) is 0 Å². The first kappa shape index (κ1) is 15.2. The number of thiophene rings is 1. The van der Waals surface area contributed by atoms with Crippen molar-refractivity contribution in [3.63, 3.8) is 0 Å². The molecule has 0 aromatic carbocycles. The van der Waals surface area contributed by atoms with Crippen LogP contribution in [0.15, 0.2) is 47.7 Å². The molecule has 6 heteroatoms. The van der Waals surface area contributed by atoms with Crippen LogP contribution in [0.5, 0.6) is 0 Å². The van der Waals surface area contributed by atoms with Crippen LogP contribution in [-0.4, -0.2) is 22.3 Å². The molecule has 2 heterocycles. The third kappa shape index (κ3) is 3.91. The van der Waals surface area contributed by atoms with Crippen LogP contribution >= 0.6 is 38.9 Å². The van der Waals surface area contributed by atoms with Crippen molar-refractivity contribution in [1.29, 1.82) is 0 Å². The van der Waals surface area contributed by atoms with Crippen LogP contribution < -0.4 is 0 Å². The largest absolute Gasteiger partial charge is 0.330 e. The molecule has 104 valence electrons. The molecule has 2 aromatic rings. The highest BCUT2D eigenvalue weighted by Gasteiger charge is 2.16. The minimum Gasteiger partial charge on any atom is -0.330 e. The van der Waals surface area contributed by atoms with Crippen molar-refractivity contribution in [2.75, 3.05) is 6.54 Å². The summed E-state index contributed by atoms with van der Waals surface area (Å²) in [5, 5.41) is 0. The molecule has 2 rings (SSSR count). The third-order valence-corrected chi connectivity index (χ3v) is 4.27. The first-order chi connectivity index (χ1) is 9.60. The Kier molecular flexibility index (Phi) is 5.34. The monoisotopic (exact) mass is 370 g/mol. The van der Waals surface area contributed by atoms with Gasteiger partial charge in [0, 0.05) is 17.6 Å². The Morgan fingerprint density at radius 1 is 1.45 bits per heavy atom. The average Bonchev–Trinajstić information content (AvgIpc) is 2.84. The first-order valence-electron chi connectivity index (χ1n) is 5.86. The van der Waals surface area contributed by atoms with Crippen LogP contribution in [0.2, 0.25) is 4.34 Å². The number of aromatic nitrogens is 1. The van der Waals surface area contributed by atoms with E-state index in [0.717, 1.165) is 9.21 Å². The van der Waals surface area contributed by atoms with Crippen molar-refractivity contribution < 1.29 is 4.79 Å². The summed E-state index contributed by atoms with van der Waals surface area (Å²) in [4.78, 5) is 19.3. The molecule has 0 aliphatic carbocycles. The molecule has 0 radical (unpaired) electrons. The zero-order valence-corrected chi connectivity index (χ0v) is 13.7. The lowest BCUT2D eigenvalue weighted by Crippen LogP contribution is -2.30. The highest BCUT2D eigenvalue weighted by atomic mass is 79.9. The molecule has 0 saturated heterocycles. The predicted molar refractivity (Wildman–Crippen MR) is 86.2 cm³/mol. The minimum absolute atomic E-state index is 0.0746. The predicted octanol–water partition coefficient (Wildman–Crippen LogP) is 4.39. The van der Waals surface area contributed by atoms with Gasteiger partial charge in [-0.25, -0.2) is 4.98 Å². The lowest BCUT2D eigenvalue weighted by Gasteiger charge is -2.20. The number of hydrogen-bond donors (Lipinski definition) is 0. The van der Waals surface area contributed by atoms with E-state index in [1.807, 2.05) is 12.1 Å². The summed E-state index contributed by atoms with van der Waals surface area (Å²) in [5.41, 5.74) is 0.553. The second-order valence-electron chi connectivity index (χ2n) is 4.05. The molecule has 0 spiro atoms. The van der Waals surface area contributed by atoms with E-state index in [2.05, 4.69) is 27.5 Å². The molecule has 2 aromatic heterocycles. The Hall–Kier alpha value is -1.17. The lowest BCUT2D eigenvalue weighted by atomic mass is 10.2. The van der Waals surface area contributed by atoms with Crippen LogP contribution in [0.3, 0.4) is 0 Å². The topological polar surface area (TPSA) is 33.2 Å². The molecule has 0 N–H and O–H groups in total. The van der Waals surface area contributed by atoms with Crippen LogP contribution in [0.4, 0.5) is 0 Å². The first-order valence-corrected chi connectivity index (χ1v) is 7.85. The molecule has 0 aliphatic rings. The number of hydrogen-bond acceptors (Lipinski definition) is 3. The molecule has 0 saturated carbocycles. The molecular formula is C14H12BrClN2OS. The van der Waals surface area contributed by atoms with Crippen molar-refractivity contribution in [3.8, 4) is 0 Å². The normalized spacial score (nSPS) is 10.3. The summed E-state index contributed by atoms with van der Waals surface area (Å²) in [7, 11) is 0. The van der Waals surface area contributed by atoms with E-state index in [1.54, 1.807) is 29.3 Å². The van der Waals surface area contributed by atoms with Gasteiger partial charge in [-0.05, 0) is 40.2 Å². The van der Waals surface area contributed by atoms with Crippen molar-refractivity contribution in [2.45, 2.75) is 6.54 Å². The fourth-order valence-electron chi connectivity index (χ4n) is 1.68. The number of amides is 1. The molecular weight excluding hydrogens is 360 g/mol. The Bertz CT molecular complexity index is 612. The number of rotatable bonds is 5. The van der Waals surface area contributed by atoms with Gasteiger partial charge in [-0.2, -0.15) is 0 Å². The maximum atomic E-state index is 12.5. The van der Waals surface area contributed by atoms with Gasteiger partial charge in [-0.1, -0.05) is 17.7 Å². The van der Waals surface area contributed by atoms with E-state index >= 15 is 0 Å². The van der Waals surface area contributed by atoms with E-state index < -0.39 is 0 Å². The highest BCUT2D eigenvalue weighted by molar-refractivity contribution is 9.10. The van der Waals surface area contributed by atoms with E-state index in [-0.39, 0.29) is 5.91 Å². The standard InChI is InChI=1S/C14H12BrClN2OS/c1-2-7-18(9-11-4-6-13(16)20-11)14(19)10-3-5-12(15)17-8-10/h2-6,8H,1,7,9H2. The van der Waals surface area contributed by atoms with Crippen molar-refractivity contribution in [3.05, 3.63) is 62.5 Å². The van der Waals surface area contributed by atoms with Crippen molar-refractivity contribution in [2.24, 2.45) is 0 Å². The van der Waals surface area contributed by atoms with Gasteiger partial charge in [0.05, 0.1) is 16.4 Å². The van der Waals surface area contributed by atoms with E-state index in [4.69, 9.17) is 11.6 Å². The van der Waals surface area contributed by atoms with E-state index in [0.29, 0.717) is 23.3 Å². The van der Waals surface area contributed by atoms with Crippen LogP contribution in [-0.2, 0) is 6.54 Å². The maximum Gasteiger partial charge on any atom is 0.256 e. The fraction of sp³-hybridized carbons (Fsp3) is 0.143. The second-order valence-corrected chi connectivity index (χ2v) is 6.66. The SMILES string of the molecule is C=CCN(Cc1ccc(Cl)s1)C(=O)c1ccc(Br)nc1. The van der Waals surface area contributed by atoms with Gasteiger partial charge >= 0.3 is 0 Å². The zero-order valence-electron chi connectivity index (χ0n) is 10.6. The van der Waals surface area contributed by atoms with Gasteiger partial charge in [-0.3, -0.25) is 4.79 Å². The van der Waals surface area contributed by atoms with Gasteiger partial charge in [-0.15, -0.1) is 17.9 Å². The minimum atomic E-state index is -0.0746. The Morgan fingerprint density at radius 3 is 2.80 bits per heavy atom. The summed E-state index contributed by atoms with van der Waals surface area (Å²) in [6.07, 6.45) is 3.27. The number of carbonyl (C=O) groups excluding carboxylic acids is 1. The smallest absolute Gasteiger partial charge is 0.256 e. The number of carbonyl (C=O) groups is 1. The Balaban J connectivity index is 2.17. The van der Waals surface area contributed by atoms with Gasteiger partial charge < -0.3 is 4.90 Å². The number of halogens is 2. The molecule has 0 aliphatic heterocycles. The lowest BCUT2D eigenvalue weighted by molar-refractivity contribution is 0.0764. The Labute approximate surface area is 135 Å². The fourth-order valence-corrected chi connectivity index (χ4v) is 3.02. The third-order valence-electron chi connectivity index (χ3n) is 2.59. The number of nitrogens with zero attached hydrogens (tertiary/aromatic N) is 2. The molecule has 1 amide bonds. The molecule has 0 atom stereocenters. The summed E-state index contributed by atoms with van der Waals surface area (Å²) < 4.78 is 1.42. The quantitative estimate of drug-likeness (QED) is 0.577. The summed E-state index contributed by atoms with van der Waals surface area (Å²) in [5.74, 6) is -0.0746. The van der Waals surface area contributed by atoms with Gasteiger partial charge in [0.25, 0.3) is 5.91 Å². The van der Waals surface area contributed by atoms with E-state index in [1.165, 1.54) is 11.3 Å². The van der Waals surface area contributed by atoms with Crippen LogP contribution in [0.25, 0.3) is 0 Å². The zero-order chi connectivity index (χ0) is 14.5. The average molecular weight is 372 g/mol. The van der Waals surface area contributed by atoms with Gasteiger partial charge in [0.1, 0.15) is 4.60 Å². The highest BCUT2D eigenvalue weighted by Crippen LogP contribution is 2.23. The molecule has 20 heavy (non-hydrogen) atoms. The van der Waals surface area contributed by atoms with Gasteiger partial charge in [0.2, 0.25) is 0 Å². The molecule has 0 unspecified atom stereocenters. The summed E-state index contributed by atoms with van der Waals surface area (Å²) in [6.45, 7) is 4.69. The van der Waals surface area contributed by atoms with Crippen molar-refractivity contribution >= 4 is 44.8 Å². The number of pyridine rings is 1. The van der Waals surface area contributed by atoms with Crippen LogP contribution in [0, 0.1) is 0 Å². The summed E-state index contributed by atoms with van der Waals surface area (Å²) in [6, 6.07) is 7.26. The molecule has 0 fully saturated rings. The molecule has 0 bridgehead atoms. The van der Waals surface area contributed by atoms with E-state index in [9.17, 15) is 4.79 Å². The molecule has 3 nitrogen and oxygen atoms in total. The van der Waals surface area contributed by atoms with Crippen molar-refractivity contribution in [1.82, 2.24) is 9.88 Å². The van der Waals surface area contributed by atoms with Crippen LogP contribution in [0.1, 0.15) is 15.2 Å². The maximum absolute atomic E-state index is 12.5. The second kappa shape index (κ2) is 7.02. The summed E-state index contributed by atoms with van der Waals surface area (Å²) >= 11 is 10.6. The Morgan fingerprint density at radius 2 is 2.25 bits per heavy atom.